The van der Waals surface area contributed by atoms with E-state index in [1.54, 1.807) is 6.92 Å². The Labute approximate surface area is 175 Å². The highest BCUT2D eigenvalue weighted by atomic mass is 32.2. The molecule has 154 valence electrons. The van der Waals surface area contributed by atoms with Gasteiger partial charge in [-0.05, 0) is 53.8 Å². The fourth-order valence-corrected chi connectivity index (χ4v) is 4.90. The van der Waals surface area contributed by atoms with Crippen LogP contribution in [0.4, 0.5) is 26.3 Å². The van der Waals surface area contributed by atoms with E-state index in [1.807, 2.05) is 0 Å². The lowest BCUT2D eigenvalue weighted by molar-refractivity contribution is -0.143. The molecule has 1 aromatic carbocycles. The van der Waals surface area contributed by atoms with Crippen molar-refractivity contribution in [2.45, 2.75) is 19.3 Å². The standard InChI is InChI=1S/C18H11F6NOS3/c1-2-25-15(26)14(29-16(25)27)7-13-5-10(8-28-13)9-3-11(17(19,20)21)6-12(4-9)18(22,23)24/h3-8H,2H2,1H3/b14-7-. The summed E-state index contributed by atoms with van der Waals surface area (Å²) in [4.78, 5) is 14.5. The van der Waals surface area contributed by atoms with Gasteiger partial charge in [0.15, 0.2) is 0 Å². The lowest BCUT2D eigenvalue weighted by Gasteiger charge is -2.13. The van der Waals surface area contributed by atoms with Crippen molar-refractivity contribution < 1.29 is 31.1 Å². The summed E-state index contributed by atoms with van der Waals surface area (Å²) < 4.78 is 78.7. The number of rotatable bonds is 3. The van der Waals surface area contributed by atoms with Crippen LogP contribution < -0.4 is 0 Å². The van der Waals surface area contributed by atoms with E-state index < -0.39 is 23.5 Å². The van der Waals surface area contributed by atoms with Crippen molar-refractivity contribution in [1.29, 1.82) is 0 Å². The summed E-state index contributed by atoms with van der Waals surface area (Å²) in [5, 5.41) is 1.45. The normalized spacial score (nSPS) is 16.9. The highest BCUT2D eigenvalue weighted by Crippen LogP contribution is 2.40. The molecule has 0 N–H and O–H groups in total. The minimum Gasteiger partial charge on any atom is -0.293 e. The third kappa shape index (κ3) is 4.67. The Bertz CT molecular complexity index is 974. The number of alkyl halides is 6. The Morgan fingerprint density at radius 3 is 2.07 bits per heavy atom. The van der Waals surface area contributed by atoms with Crippen molar-refractivity contribution >= 4 is 51.6 Å². The van der Waals surface area contributed by atoms with Crippen molar-refractivity contribution in [2.75, 3.05) is 6.54 Å². The number of thiocarbonyl (C=S) groups is 1. The maximum atomic E-state index is 13.0. The second kappa shape index (κ2) is 7.77. The predicted molar refractivity (Wildman–Crippen MR) is 105 cm³/mol. The van der Waals surface area contributed by atoms with E-state index in [0.29, 0.717) is 32.8 Å². The molecule has 0 bridgehead atoms. The number of hydrogen-bond acceptors (Lipinski definition) is 4. The Morgan fingerprint density at radius 2 is 1.59 bits per heavy atom. The molecule has 0 unspecified atom stereocenters. The predicted octanol–water partition coefficient (Wildman–Crippen LogP) is 6.67. The molecule has 1 saturated heterocycles. The van der Waals surface area contributed by atoms with Crippen LogP contribution in [0.3, 0.4) is 0 Å². The first-order valence-corrected chi connectivity index (χ1v) is 10.1. The number of thioether (sulfide) groups is 1. The van der Waals surface area contributed by atoms with Gasteiger partial charge in [-0.1, -0.05) is 24.0 Å². The van der Waals surface area contributed by atoms with Gasteiger partial charge in [-0.2, -0.15) is 26.3 Å². The maximum absolute atomic E-state index is 13.0. The fourth-order valence-electron chi connectivity index (χ4n) is 2.60. The smallest absolute Gasteiger partial charge is 0.293 e. The molecule has 0 saturated carbocycles. The molecule has 1 aliphatic rings. The first kappa shape index (κ1) is 21.8. The van der Waals surface area contributed by atoms with Crippen LogP contribution in [-0.4, -0.2) is 21.7 Å². The molecule has 1 fully saturated rings. The molecule has 3 rings (SSSR count). The average molecular weight is 467 g/mol. The van der Waals surface area contributed by atoms with Crippen LogP contribution in [0.1, 0.15) is 22.9 Å². The number of benzene rings is 1. The minimum absolute atomic E-state index is 0.0901. The van der Waals surface area contributed by atoms with Crippen LogP contribution in [-0.2, 0) is 17.1 Å². The molecule has 0 atom stereocenters. The SMILES string of the molecule is CCN1C(=O)/C(=C/c2cc(-c3cc(C(F)(F)F)cc(C(F)(F)F)c3)cs2)SC1=S. The zero-order valence-electron chi connectivity index (χ0n) is 14.5. The second-order valence-corrected chi connectivity index (χ2v) is 8.58. The Kier molecular flexibility index (Phi) is 5.85. The van der Waals surface area contributed by atoms with Gasteiger partial charge in [0.05, 0.1) is 16.0 Å². The minimum atomic E-state index is -4.91. The van der Waals surface area contributed by atoms with E-state index in [1.165, 1.54) is 22.4 Å². The van der Waals surface area contributed by atoms with Crippen molar-refractivity contribution in [2.24, 2.45) is 0 Å². The van der Waals surface area contributed by atoms with Gasteiger partial charge < -0.3 is 0 Å². The van der Waals surface area contributed by atoms with E-state index in [4.69, 9.17) is 12.2 Å². The molecule has 2 aromatic rings. The third-order valence-corrected chi connectivity index (χ3v) is 6.26. The molecule has 1 aromatic heterocycles. The van der Waals surface area contributed by atoms with E-state index >= 15 is 0 Å². The molecular formula is C18H11F6NOS3. The summed E-state index contributed by atoms with van der Waals surface area (Å²) in [7, 11) is 0. The molecule has 2 heterocycles. The van der Waals surface area contributed by atoms with Crippen LogP contribution >= 0.6 is 35.3 Å². The van der Waals surface area contributed by atoms with Crippen LogP contribution in [0.15, 0.2) is 34.6 Å². The molecule has 2 nitrogen and oxygen atoms in total. The molecular weight excluding hydrogens is 456 g/mol. The summed E-state index contributed by atoms with van der Waals surface area (Å²) in [5.41, 5.74) is -2.76. The second-order valence-electron chi connectivity index (χ2n) is 5.96. The van der Waals surface area contributed by atoms with E-state index in [0.717, 1.165) is 23.1 Å². The van der Waals surface area contributed by atoms with E-state index in [2.05, 4.69) is 0 Å². The number of hydrogen-bond donors (Lipinski definition) is 0. The first-order valence-electron chi connectivity index (χ1n) is 8.04. The van der Waals surface area contributed by atoms with Gasteiger partial charge in [0.25, 0.3) is 5.91 Å². The Hall–Kier alpha value is -1.85. The fraction of sp³-hybridized carbons (Fsp3) is 0.222. The molecule has 1 aliphatic heterocycles. The molecule has 0 aliphatic carbocycles. The molecule has 0 spiro atoms. The lowest BCUT2D eigenvalue weighted by Crippen LogP contribution is -2.27. The van der Waals surface area contributed by atoms with Crippen molar-refractivity contribution in [3.8, 4) is 11.1 Å². The summed E-state index contributed by atoms with van der Waals surface area (Å²) in [6, 6.07) is 2.89. The quantitative estimate of drug-likeness (QED) is 0.286. The third-order valence-electron chi connectivity index (χ3n) is 4.00. The highest BCUT2D eigenvalue weighted by molar-refractivity contribution is 8.26. The number of carbonyl (C=O) groups is 1. The van der Waals surface area contributed by atoms with Gasteiger partial charge in [-0.25, -0.2) is 0 Å². The van der Waals surface area contributed by atoms with Gasteiger partial charge in [-0.3, -0.25) is 9.69 Å². The zero-order chi connectivity index (χ0) is 21.6. The monoisotopic (exact) mass is 467 g/mol. The zero-order valence-corrected chi connectivity index (χ0v) is 17.0. The van der Waals surface area contributed by atoms with Crippen LogP contribution in [0.2, 0.25) is 0 Å². The van der Waals surface area contributed by atoms with Gasteiger partial charge in [0.2, 0.25) is 0 Å². The molecule has 1 amide bonds. The van der Waals surface area contributed by atoms with Crippen LogP contribution in [0.25, 0.3) is 17.2 Å². The summed E-state index contributed by atoms with van der Waals surface area (Å²) in [6.07, 6.45) is -8.30. The Morgan fingerprint density at radius 1 is 1.00 bits per heavy atom. The van der Waals surface area contributed by atoms with Gasteiger partial charge in [-0.15, -0.1) is 11.3 Å². The van der Waals surface area contributed by atoms with Gasteiger partial charge in [0, 0.05) is 11.4 Å². The Balaban J connectivity index is 2.00. The van der Waals surface area contributed by atoms with Gasteiger partial charge in [0.1, 0.15) is 4.32 Å². The number of amides is 1. The topological polar surface area (TPSA) is 20.3 Å². The number of halogens is 6. The summed E-state index contributed by atoms with van der Waals surface area (Å²) in [6.45, 7) is 2.17. The van der Waals surface area contributed by atoms with Crippen molar-refractivity contribution in [1.82, 2.24) is 4.90 Å². The molecule has 0 radical (unpaired) electrons. The summed E-state index contributed by atoms with van der Waals surface area (Å²) in [5.74, 6) is -0.282. The first-order chi connectivity index (χ1) is 13.4. The van der Waals surface area contributed by atoms with E-state index in [-0.39, 0.29) is 23.1 Å². The number of carbonyl (C=O) groups excluding carboxylic acids is 1. The lowest BCUT2D eigenvalue weighted by atomic mass is 10.0. The van der Waals surface area contributed by atoms with Crippen molar-refractivity contribution in [3.05, 3.63) is 50.6 Å². The van der Waals surface area contributed by atoms with Crippen LogP contribution in [0, 0.1) is 0 Å². The van der Waals surface area contributed by atoms with Gasteiger partial charge >= 0.3 is 12.4 Å². The highest BCUT2D eigenvalue weighted by Gasteiger charge is 2.37. The number of nitrogens with zero attached hydrogens (tertiary/aromatic N) is 1. The molecule has 29 heavy (non-hydrogen) atoms. The number of thiophene rings is 1. The maximum Gasteiger partial charge on any atom is 0.416 e. The molecule has 11 heteroatoms. The van der Waals surface area contributed by atoms with Crippen molar-refractivity contribution in [3.63, 3.8) is 0 Å². The number of likely N-dealkylation sites (N-methyl/N-ethyl adjacent to an activating group) is 1. The average Bonchev–Trinajstić information content (AvgIpc) is 3.18. The summed E-state index contributed by atoms with van der Waals surface area (Å²) >= 11 is 7.31. The largest absolute Gasteiger partial charge is 0.416 e. The van der Waals surface area contributed by atoms with Crippen LogP contribution in [0.5, 0.6) is 0 Å². The van der Waals surface area contributed by atoms with E-state index in [9.17, 15) is 31.1 Å².